The fourth-order valence-electron chi connectivity index (χ4n) is 3.67. The lowest BCUT2D eigenvalue weighted by molar-refractivity contribution is 0.310. The van der Waals surface area contributed by atoms with Gasteiger partial charge in [-0.2, -0.15) is 10.4 Å². The fourth-order valence-corrected chi connectivity index (χ4v) is 4.70. The van der Waals surface area contributed by atoms with E-state index in [4.69, 9.17) is 10.2 Å². The van der Waals surface area contributed by atoms with Crippen LogP contribution in [0.1, 0.15) is 35.9 Å². The zero-order valence-corrected chi connectivity index (χ0v) is 17.8. The topological polar surface area (TPSA) is 67.4 Å². The lowest BCUT2D eigenvalue weighted by Crippen LogP contribution is -2.35. The van der Waals surface area contributed by atoms with Gasteiger partial charge in [0.25, 0.3) is 0 Å². The Morgan fingerprint density at radius 3 is 2.61 bits per heavy atom. The minimum absolute atomic E-state index is 0.200. The summed E-state index contributed by atoms with van der Waals surface area (Å²) in [5, 5.41) is 15.9. The molecule has 0 aliphatic carbocycles. The largest absolute Gasteiger partial charge is 0.252 e. The van der Waals surface area contributed by atoms with Crippen molar-refractivity contribution >= 4 is 11.3 Å². The van der Waals surface area contributed by atoms with Crippen LogP contribution in [-0.4, -0.2) is 19.7 Å². The molecule has 0 bridgehead atoms. The molecule has 2 heterocycles. The summed E-state index contributed by atoms with van der Waals surface area (Å²) in [5.74, 6) is -1.42. The second-order valence-corrected chi connectivity index (χ2v) is 8.51. The zero-order valence-electron chi connectivity index (χ0n) is 17.0. The van der Waals surface area contributed by atoms with E-state index in [1.54, 1.807) is 23.1 Å². The van der Waals surface area contributed by atoms with Crippen LogP contribution in [-0.2, 0) is 12.0 Å². The van der Waals surface area contributed by atoms with Crippen LogP contribution >= 0.6 is 11.3 Å². The highest BCUT2D eigenvalue weighted by atomic mass is 32.1. The third-order valence-corrected chi connectivity index (χ3v) is 6.69. The van der Waals surface area contributed by atoms with Crippen molar-refractivity contribution in [3.63, 3.8) is 0 Å². The summed E-state index contributed by atoms with van der Waals surface area (Å²) < 4.78 is 30.1. The molecule has 0 aliphatic rings. The van der Waals surface area contributed by atoms with Gasteiger partial charge < -0.3 is 0 Å². The number of nitrogens with zero attached hydrogens (tertiary/aromatic N) is 5. The van der Waals surface area contributed by atoms with Gasteiger partial charge in [0, 0.05) is 28.3 Å². The maximum Gasteiger partial charge on any atom is 0.137 e. The van der Waals surface area contributed by atoms with Gasteiger partial charge in [-0.05, 0) is 23.8 Å². The highest BCUT2D eigenvalue weighted by molar-refractivity contribution is 7.10. The minimum Gasteiger partial charge on any atom is -0.252 e. The van der Waals surface area contributed by atoms with Crippen LogP contribution in [0.25, 0.3) is 11.3 Å². The first-order valence-electron chi connectivity index (χ1n) is 9.64. The van der Waals surface area contributed by atoms with E-state index in [1.807, 2.05) is 31.4 Å². The molecule has 0 saturated carbocycles. The summed E-state index contributed by atoms with van der Waals surface area (Å²) in [4.78, 5) is 8.79. The van der Waals surface area contributed by atoms with Crippen LogP contribution in [0.3, 0.4) is 0 Å². The van der Waals surface area contributed by atoms with Crippen LogP contribution in [0.4, 0.5) is 8.78 Å². The van der Waals surface area contributed by atoms with Crippen LogP contribution in [0.15, 0.2) is 60.5 Å². The monoisotopic (exact) mass is 435 g/mol. The lowest BCUT2D eigenvalue weighted by Gasteiger charge is -2.35. The van der Waals surface area contributed by atoms with E-state index in [2.05, 4.69) is 16.2 Å². The van der Waals surface area contributed by atoms with Crippen LogP contribution in [0.2, 0.25) is 0 Å². The number of hydrogen-bond acceptors (Lipinski definition) is 5. The van der Waals surface area contributed by atoms with Crippen molar-refractivity contribution < 1.29 is 8.78 Å². The van der Waals surface area contributed by atoms with Crippen molar-refractivity contribution in [2.45, 2.75) is 31.7 Å². The highest BCUT2D eigenvalue weighted by Gasteiger charge is 2.39. The molecule has 0 aliphatic heterocycles. The average molecular weight is 436 g/mol. The number of benzene rings is 2. The number of halogens is 2. The highest BCUT2D eigenvalue weighted by Crippen LogP contribution is 2.43. The van der Waals surface area contributed by atoms with Crippen molar-refractivity contribution in [2.24, 2.45) is 0 Å². The molecule has 2 atom stereocenters. The molecule has 0 unspecified atom stereocenters. The molecule has 8 heteroatoms. The van der Waals surface area contributed by atoms with Gasteiger partial charge in [0.05, 0.1) is 28.9 Å². The standard InChI is InChI=1S/C23H19F2N5S/c1-15(22-29-21(11-31-22)17-5-3-16(10-26)4-6-17)23(2,12-30-14-27-13-28-30)19-8-7-18(24)9-20(19)25/h3-9,11,13-15H,12H2,1-2H3/t15-,23-/m0/s1. The van der Waals surface area contributed by atoms with Crippen LogP contribution < -0.4 is 0 Å². The molecule has 5 nitrogen and oxygen atoms in total. The molecule has 2 aromatic heterocycles. The van der Waals surface area contributed by atoms with E-state index < -0.39 is 17.0 Å². The average Bonchev–Trinajstić information content (AvgIpc) is 3.45. The third kappa shape index (κ3) is 4.09. The first-order valence-corrected chi connectivity index (χ1v) is 10.5. The molecule has 0 N–H and O–H groups in total. The Bertz CT molecular complexity index is 1230. The van der Waals surface area contributed by atoms with Gasteiger partial charge in [0.2, 0.25) is 0 Å². The molecule has 0 fully saturated rings. The number of hydrogen-bond donors (Lipinski definition) is 0. The minimum atomic E-state index is -0.759. The molecule has 0 spiro atoms. The van der Waals surface area contributed by atoms with Crippen molar-refractivity contribution in [2.75, 3.05) is 0 Å². The predicted octanol–water partition coefficient (Wildman–Crippen LogP) is 5.31. The van der Waals surface area contributed by atoms with Gasteiger partial charge in [-0.15, -0.1) is 11.3 Å². The molecule has 0 saturated heterocycles. The van der Waals surface area contributed by atoms with Crippen molar-refractivity contribution in [3.05, 3.63) is 88.3 Å². The van der Waals surface area contributed by atoms with Gasteiger partial charge in [-0.1, -0.05) is 32.0 Å². The van der Waals surface area contributed by atoms with E-state index in [9.17, 15) is 8.78 Å². The van der Waals surface area contributed by atoms with Crippen LogP contribution in [0, 0.1) is 23.0 Å². The Labute approximate surface area is 182 Å². The third-order valence-electron chi connectivity index (χ3n) is 5.66. The normalized spacial score (nSPS) is 14.0. The molecule has 0 amide bonds. The molecule has 31 heavy (non-hydrogen) atoms. The molecule has 4 rings (SSSR count). The fraction of sp³-hybridized carbons (Fsp3) is 0.217. The Balaban J connectivity index is 1.73. The van der Waals surface area contributed by atoms with Crippen molar-refractivity contribution in [1.82, 2.24) is 19.7 Å². The predicted molar refractivity (Wildman–Crippen MR) is 114 cm³/mol. The summed E-state index contributed by atoms with van der Waals surface area (Å²) >= 11 is 1.49. The Morgan fingerprint density at radius 1 is 1.19 bits per heavy atom. The summed E-state index contributed by atoms with van der Waals surface area (Å²) in [6.45, 7) is 4.27. The van der Waals surface area contributed by atoms with Gasteiger partial charge >= 0.3 is 0 Å². The zero-order chi connectivity index (χ0) is 22.0. The molecule has 2 aromatic carbocycles. The van der Waals surface area contributed by atoms with Crippen LogP contribution in [0.5, 0.6) is 0 Å². The summed E-state index contributed by atoms with van der Waals surface area (Å²) in [6, 6.07) is 13.0. The van der Waals surface area contributed by atoms with E-state index in [0.717, 1.165) is 22.3 Å². The van der Waals surface area contributed by atoms with Gasteiger partial charge in [0.15, 0.2) is 0 Å². The van der Waals surface area contributed by atoms with Gasteiger partial charge in [-0.25, -0.2) is 18.7 Å². The van der Waals surface area contributed by atoms with E-state index >= 15 is 0 Å². The maximum atomic E-state index is 14.9. The molecule has 0 radical (unpaired) electrons. The summed E-state index contributed by atoms with van der Waals surface area (Å²) in [6.07, 6.45) is 3.01. The number of rotatable bonds is 6. The number of thiazole rings is 1. The van der Waals surface area contributed by atoms with E-state index in [0.29, 0.717) is 17.7 Å². The Hall–Kier alpha value is -3.44. The number of nitriles is 1. The Kier molecular flexibility index (Phi) is 5.61. The SMILES string of the molecule is C[C@@H](c1nc(-c2ccc(C#N)cc2)cs1)[C@](C)(Cn1cncn1)c1ccc(F)cc1F. The molecule has 156 valence electrons. The first-order chi connectivity index (χ1) is 14.9. The van der Waals surface area contributed by atoms with Gasteiger partial charge in [0.1, 0.15) is 24.3 Å². The van der Waals surface area contributed by atoms with Crippen molar-refractivity contribution in [1.29, 1.82) is 5.26 Å². The van der Waals surface area contributed by atoms with E-state index in [1.165, 1.54) is 29.8 Å². The summed E-state index contributed by atoms with van der Waals surface area (Å²) in [7, 11) is 0. The molecular formula is C23H19F2N5S. The maximum absolute atomic E-state index is 14.9. The van der Waals surface area contributed by atoms with E-state index in [-0.39, 0.29) is 5.92 Å². The van der Waals surface area contributed by atoms with Gasteiger partial charge in [-0.3, -0.25) is 4.68 Å². The summed E-state index contributed by atoms with van der Waals surface area (Å²) in [5.41, 5.74) is 1.91. The van der Waals surface area contributed by atoms with Crippen molar-refractivity contribution in [3.8, 4) is 17.3 Å². The number of aromatic nitrogens is 4. The molecule has 4 aromatic rings. The first kappa shape index (κ1) is 20.8. The molecular weight excluding hydrogens is 416 g/mol. The quantitative estimate of drug-likeness (QED) is 0.411. The smallest absolute Gasteiger partial charge is 0.137 e. The lowest BCUT2D eigenvalue weighted by atomic mass is 9.72. The second-order valence-electron chi connectivity index (χ2n) is 7.62. The Morgan fingerprint density at radius 2 is 1.97 bits per heavy atom. The second kappa shape index (κ2) is 8.36.